The fourth-order valence-corrected chi connectivity index (χ4v) is 1.85. The van der Waals surface area contributed by atoms with E-state index in [4.69, 9.17) is 4.42 Å². The third-order valence-corrected chi connectivity index (χ3v) is 2.86. The summed E-state index contributed by atoms with van der Waals surface area (Å²) in [6.45, 7) is 2.46. The number of nitrogens with one attached hydrogen (secondary N) is 2. The van der Waals surface area contributed by atoms with Crippen LogP contribution in [0.1, 0.15) is 17.0 Å². The second kappa shape index (κ2) is 6.83. The molecule has 0 aliphatic carbocycles. The summed E-state index contributed by atoms with van der Waals surface area (Å²) in [6, 6.07) is 3.36. The molecule has 1 amide bonds. The fraction of sp³-hybridized carbons (Fsp3) is 0.364. The zero-order valence-corrected chi connectivity index (χ0v) is 11.6. The summed E-state index contributed by atoms with van der Waals surface area (Å²) in [6.07, 6.45) is 3.10. The largest absolute Gasteiger partial charge is 0.444 e. The zero-order chi connectivity index (χ0) is 11.4. The molecule has 1 aromatic heterocycles. The smallest absolute Gasteiger partial charge is 0.287 e. The second-order valence-electron chi connectivity index (χ2n) is 3.60. The van der Waals surface area contributed by atoms with Gasteiger partial charge in [-0.25, -0.2) is 0 Å². The molecule has 6 heteroatoms. The van der Waals surface area contributed by atoms with Crippen molar-refractivity contribution in [3.63, 3.8) is 0 Å². The van der Waals surface area contributed by atoms with Gasteiger partial charge in [0, 0.05) is 13.1 Å². The molecule has 0 radical (unpaired) electrons. The number of carbonyl (C=O) groups excluding carboxylic acids is 1. The van der Waals surface area contributed by atoms with Crippen molar-refractivity contribution in [3.8, 4) is 0 Å². The van der Waals surface area contributed by atoms with Crippen molar-refractivity contribution >= 4 is 34.2 Å². The molecule has 0 bridgehead atoms. The second-order valence-corrected chi connectivity index (χ2v) is 4.38. The molecule has 1 aromatic rings. The molecule has 1 aliphatic rings. The quantitative estimate of drug-likeness (QED) is 0.839. The Morgan fingerprint density at radius 1 is 1.53 bits per heavy atom. The Balaban J connectivity index is 0.00000144. The summed E-state index contributed by atoms with van der Waals surface area (Å²) in [5.74, 6) is 0.159. The van der Waals surface area contributed by atoms with Gasteiger partial charge in [-0.1, -0.05) is 11.6 Å². The van der Waals surface area contributed by atoms with Crippen LogP contribution in [0.4, 0.5) is 0 Å². The molecule has 17 heavy (non-hydrogen) atoms. The number of amides is 1. The lowest BCUT2D eigenvalue weighted by Gasteiger charge is -2.13. The zero-order valence-electron chi connectivity index (χ0n) is 9.16. The van der Waals surface area contributed by atoms with Crippen LogP contribution >= 0.6 is 28.3 Å². The lowest BCUT2D eigenvalue weighted by Crippen LogP contribution is -2.29. The van der Waals surface area contributed by atoms with Crippen molar-refractivity contribution in [3.05, 3.63) is 34.2 Å². The molecule has 1 aliphatic heterocycles. The molecule has 94 valence electrons. The highest BCUT2D eigenvalue weighted by Gasteiger charge is 2.11. The topological polar surface area (TPSA) is 54.3 Å². The van der Waals surface area contributed by atoms with Gasteiger partial charge in [-0.2, -0.15) is 0 Å². The number of carbonyl (C=O) groups is 1. The molecule has 0 fully saturated rings. The Hall–Kier alpha value is -0.780. The average Bonchev–Trinajstić information content (AvgIpc) is 2.74. The first kappa shape index (κ1) is 14.3. The third-order valence-electron chi connectivity index (χ3n) is 2.43. The van der Waals surface area contributed by atoms with Crippen molar-refractivity contribution in [2.45, 2.75) is 6.42 Å². The van der Waals surface area contributed by atoms with Crippen molar-refractivity contribution in [1.82, 2.24) is 10.6 Å². The van der Waals surface area contributed by atoms with Gasteiger partial charge < -0.3 is 15.1 Å². The number of furan rings is 1. The van der Waals surface area contributed by atoms with E-state index in [9.17, 15) is 4.79 Å². The first-order valence-corrected chi connectivity index (χ1v) is 5.97. The Labute approximate surface area is 114 Å². The predicted octanol–water partition coefficient (Wildman–Crippen LogP) is 2.11. The van der Waals surface area contributed by atoms with Crippen molar-refractivity contribution in [1.29, 1.82) is 0 Å². The van der Waals surface area contributed by atoms with Crippen LogP contribution in [-0.4, -0.2) is 25.5 Å². The van der Waals surface area contributed by atoms with Crippen LogP contribution in [0, 0.1) is 0 Å². The van der Waals surface area contributed by atoms with Crippen LogP contribution in [0.15, 0.2) is 32.9 Å². The first-order valence-electron chi connectivity index (χ1n) is 5.18. The summed E-state index contributed by atoms with van der Waals surface area (Å²) in [7, 11) is 0. The van der Waals surface area contributed by atoms with Gasteiger partial charge >= 0.3 is 0 Å². The van der Waals surface area contributed by atoms with Gasteiger partial charge in [-0.05, 0) is 41.0 Å². The number of hydrogen-bond acceptors (Lipinski definition) is 3. The highest BCUT2D eigenvalue weighted by molar-refractivity contribution is 9.10. The van der Waals surface area contributed by atoms with Crippen molar-refractivity contribution in [2.24, 2.45) is 0 Å². The van der Waals surface area contributed by atoms with Crippen LogP contribution in [0.25, 0.3) is 0 Å². The van der Waals surface area contributed by atoms with E-state index in [-0.39, 0.29) is 18.3 Å². The summed E-state index contributed by atoms with van der Waals surface area (Å²) in [4.78, 5) is 11.6. The molecular formula is C11H14BrClN2O2. The van der Waals surface area contributed by atoms with Gasteiger partial charge in [0.2, 0.25) is 0 Å². The molecule has 0 atom stereocenters. The molecule has 2 heterocycles. The molecule has 0 saturated carbocycles. The molecule has 0 unspecified atom stereocenters. The Kier molecular flexibility index (Phi) is 5.74. The minimum Gasteiger partial charge on any atom is -0.444 e. The monoisotopic (exact) mass is 320 g/mol. The molecule has 0 spiro atoms. The minimum absolute atomic E-state index is 0. The maximum Gasteiger partial charge on any atom is 0.287 e. The fourth-order valence-electron chi connectivity index (χ4n) is 1.55. The van der Waals surface area contributed by atoms with E-state index in [2.05, 4.69) is 32.6 Å². The first-order chi connectivity index (χ1) is 7.75. The minimum atomic E-state index is -0.176. The Morgan fingerprint density at radius 2 is 2.35 bits per heavy atom. The van der Waals surface area contributed by atoms with E-state index >= 15 is 0 Å². The van der Waals surface area contributed by atoms with E-state index in [1.165, 1.54) is 5.57 Å². The van der Waals surface area contributed by atoms with Gasteiger partial charge in [-0.3, -0.25) is 4.79 Å². The summed E-state index contributed by atoms with van der Waals surface area (Å²) < 4.78 is 5.73. The van der Waals surface area contributed by atoms with Crippen molar-refractivity contribution < 1.29 is 9.21 Å². The van der Waals surface area contributed by atoms with E-state index in [0.29, 0.717) is 17.0 Å². The van der Waals surface area contributed by atoms with E-state index in [1.54, 1.807) is 12.1 Å². The summed E-state index contributed by atoms with van der Waals surface area (Å²) in [5, 5.41) is 6.06. The van der Waals surface area contributed by atoms with Crippen LogP contribution in [0.3, 0.4) is 0 Å². The van der Waals surface area contributed by atoms with Gasteiger partial charge in [0.05, 0.1) is 0 Å². The van der Waals surface area contributed by atoms with Gasteiger partial charge in [0.15, 0.2) is 10.4 Å². The maximum absolute atomic E-state index is 11.6. The van der Waals surface area contributed by atoms with Gasteiger partial charge in [0.1, 0.15) is 0 Å². The lowest BCUT2D eigenvalue weighted by atomic mass is 10.1. The number of hydrogen-bond donors (Lipinski definition) is 2. The van der Waals surface area contributed by atoms with Crippen LogP contribution in [-0.2, 0) is 0 Å². The number of rotatable bonds is 3. The molecule has 0 saturated heterocycles. The van der Waals surface area contributed by atoms with Crippen LogP contribution < -0.4 is 10.6 Å². The summed E-state index contributed by atoms with van der Waals surface area (Å²) in [5.41, 5.74) is 1.26. The summed E-state index contributed by atoms with van der Waals surface area (Å²) >= 11 is 3.16. The molecule has 4 nitrogen and oxygen atoms in total. The lowest BCUT2D eigenvalue weighted by molar-refractivity contribution is 0.0927. The predicted molar refractivity (Wildman–Crippen MR) is 71.6 cm³/mol. The molecular weight excluding hydrogens is 307 g/mol. The molecule has 0 aromatic carbocycles. The maximum atomic E-state index is 11.6. The normalized spacial score (nSPS) is 14.8. The van der Waals surface area contributed by atoms with Crippen LogP contribution in [0.5, 0.6) is 0 Å². The standard InChI is InChI=1S/C11H13BrN2O2.ClH/c12-10-2-1-9(16-10)11(15)14-7-8-3-5-13-6-4-8;/h1-3,13H,4-7H2,(H,14,15);1H. The highest BCUT2D eigenvalue weighted by Crippen LogP contribution is 2.13. The van der Waals surface area contributed by atoms with Crippen molar-refractivity contribution in [2.75, 3.05) is 19.6 Å². The van der Waals surface area contributed by atoms with Gasteiger partial charge in [0.25, 0.3) is 5.91 Å². The van der Waals surface area contributed by atoms with E-state index in [0.717, 1.165) is 19.5 Å². The molecule has 2 rings (SSSR count). The highest BCUT2D eigenvalue weighted by atomic mass is 79.9. The molecule has 2 N–H and O–H groups in total. The van der Waals surface area contributed by atoms with Crippen LogP contribution in [0.2, 0.25) is 0 Å². The third kappa shape index (κ3) is 4.18. The SMILES string of the molecule is Cl.O=C(NCC1=CCNCC1)c1ccc(Br)o1. The Morgan fingerprint density at radius 3 is 2.94 bits per heavy atom. The average molecular weight is 322 g/mol. The van der Waals surface area contributed by atoms with E-state index in [1.807, 2.05) is 0 Å². The van der Waals surface area contributed by atoms with Gasteiger partial charge in [-0.15, -0.1) is 12.4 Å². The Bertz CT molecular complexity index is 417. The number of halogens is 2. The van der Waals surface area contributed by atoms with E-state index < -0.39 is 0 Å².